The van der Waals surface area contributed by atoms with Crippen LogP contribution in [0.4, 0.5) is 5.69 Å². The fraction of sp³-hybridized carbons (Fsp3) is 0.333. The zero-order valence-electron chi connectivity index (χ0n) is 16.2. The van der Waals surface area contributed by atoms with E-state index in [2.05, 4.69) is 20.1 Å². The summed E-state index contributed by atoms with van der Waals surface area (Å²) in [6.07, 6.45) is 13.2. The first kappa shape index (κ1) is 17.7. The molecule has 3 heterocycles. The molecule has 1 aromatic carbocycles. The molecule has 5 rings (SSSR count). The summed E-state index contributed by atoms with van der Waals surface area (Å²) in [5.74, 6) is 0.225. The lowest BCUT2D eigenvalue weighted by Gasteiger charge is -2.21. The van der Waals surface area contributed by atoms with Crippen LogP contribution in [0, 0.1) is 0 Å². The van der Waals surface area contributed by atoms with Crippen LogP contribution in [0.5, 0.6) is 5.75 Å². The fourth-order valence-corrected chi connectivity index (χ4v) is 4.06. The van der Waals surface area contributed by atoms with Gasteiger partial charge in [-0.05, 0) is 25.0 Å². The topological polar surface area (TPSA) is 86.3 Å². The largest absolute Gasteiger partial charge is 0.496 e. The standard InChI is InChI=1S/C21H22N6O2/c1-29-19-11-17-14(13-27(25-17)15-6-3-2-4-7-15)10-16(19)21(28)24-18-12-23-26-9-5-8-22-20(18)26/h5,8-13,15H,2-4,6-7H2,1H3,(H,24,28). The Morgan fingerprint density at radius 1 is 1.24 bits per heavy atom. The van der Waals surface area contributed by atoms with Crippen molar-refractivity contribution >= 4 is 28.1 Å². The summed E-state index contributed by atoms with van der Waals surface area (Å²) in [6, 6.07) is 5.89. The number of carbonyl (C=O) groups is 1. The van der Waals surface area contributed by atoms with E-state index in [4.69, 9.17) is 9.84 Å². The van der Waals surface area contributed by atoms with Crippen LogP contribution in [0.25, 0.3) is 16.6 Å². The van der Waals surface area contributed by atoms with Gasteiger partial charge in [0, 0.05) is 30.0 Å². The monoisotopic (exact) mass is 390 g/mol. The second-order valence-electron chi connectivity index (χ2n) is 7.41. The molecule has 8 heteroatoms. The van der Waals surface area contributed by atoms with Gasteiger partial charge >= 0.3 is 0 Å². The Kier molecular flexibility index (Phi) is 4.38. The van der Waals surface area contributed by atoms with Gasteiger partial charge in [0.1, 0.15) is 11.4 Å². The van der Waals surface area contributed by atoms with Crippen molar-refractivity contribution in [3.05, 3.63) is 48.5 Å². The highest BCUT2D eigenvalue weighted by Gasteiger charge is 2.20. The number of ether oxygens (including phenoxy) is 1. The first-order chi connectivity index (χ1) is 14.2. The molecule has 1 aliphatic carbocycles. The summed E-state index contributed by atoms with van der Waals surface area (Å²) in [4.78, 5) is 17.3. The van der Waals surface area contributed by atoms with E-state index in [1.54, 1.807) is 36.3 Å². The SMILES string of the molecule is COc1cc2nn(C3CCCCC3)cc2cc1C(=O)Nc1cnn2cccnc12. The number of hydrogen-bond donors (Lipinski definition) is 1. The highest BCUT2D eigenvalue weighted by Crippen LogP contribution is 2.31. The third-order valence-corrected chi connectivity index (χ3v) is 5.56. The van der Waals surface area contributed by atoms with Crippen LogP contribution >= 0.6 is 0 Å². The minimum absolute atomic E-state index is 0.269. The molecular formula is C21H22N6O2. The predicted octanol–water partition coefficient (Wildman–Crippen LogP) is 3.85. The Bertz CT molecular complexity index is 1190. The number of hydrogen-bond acceptors (Lipinski definition) is 5. The lowest BCUT2D eigenvalue weighted by molar-refractivity contribution is 0.102. The summed E-state index contributed by atoms with van der Waals surface area (Å²) < 4.78 is 9.16. The number of methoxy groups -OCH3 is 1. The van der Waals surface area contributed by atoms with Gasteiger partial charge in [0.05, 0.1) is 30.4 Å². The molecule has 1 N–H and O–H groups in total. The number of benzene rings is 1. The number of fused-ring (bicyclic) bond motifs is 2. The van der Waals surface area contributed by atoms with Crippen LogP contribution < -0.4 is 10.1 Å². The first-order valence-electron chi connectivity index (χ1n) is 9.89. The number of aromatic nitrogens is 5. The molecule has 0 atom stereocenters. The third-order valence-electron chi connectivity index (χ3n) is 5.56. The van der Waals surface area contributed by atoms with Crippen molar-refractivity contribution < 1.29 is 9.53 Å². The highest BCUT2D eigenvalue weighted by atomic mass is 16.5. The molecule has 1 fully saturated rings. The van der Waals surface area contributed by atoms with Gasteiger partial charge in [-0.25, -0.2) is 9.50 Å². The Labute approximate surface area is 167 Å². The van der Waals surface area contributed by atoms with E-state index < -0.39 is 0 Å². The lowest BCUT2D eigenvalue weighted by atomic mass is 9.96. The molecule has 8 nitrogen and oxygen atoms in total. The van der Waals surface area contributed by atoms with E-state index in [9.17, 15) is 4.79 Å². The maximum atomic E-state index is 13.0. The molecule has 0 unspecified atom stereocenters. The van der Waals surface area contributed by atoms with Gasteiger partial charge in [-0.2, -0.15) is 10.2 Å². The smallest absolute Gasteiger partial charge is 0.259 e. The van der Waals surface area contributed by atoms with Crippen molar-refractivity contribution in [2.75, 3.05) is 12.4 Å². The van der Waals surface area contributed by atoms with Gasteiger partial charge in [0.2, 0.25) is 0 Å². The van der Waals surface area contributed by atoms with Gasteiger partial charge < -0.3 is 10.1 Å². The Morgan fingerprint density at radius 3 is 2.93 bits per heavy atom. The molecule has 3 aromatic heterocycles. The summed E-state index contributed by atoms with van der Waals surface area (Å²) in [6.45, 7) is 0. The van der Waals surface area contributed by atoms with Crippen molar-refractivity contribution in [1.82, 2.24) is 24.4 Å². The molecule has 0 spiro atoms. The van der Waals surface area contributed by atoms with E-state index in [1.807, 2.05) is 18.3 Å². The number of nitrogens with one attached hydrogen (secondary N) is 1. The van der Waals surface area contributed by atoms with Crippen molar-refractivity contribution in [3.63, 3.8) is 0 Å². The van der Waals surface area contributed by atoms with E-state index in [-0.39, 0.29) is 5.91 Å². The molecule has 148 valence electrons. The molecule has 0 radical (unpaired) electrons. The van der Waals surface area contributed by atoms with Crippen LogP contribution in [0.1, 0.15) is 48.5 Å². The maximum Gasteiger partial charge on any atom is 0.259 e. The first-order valence-corrected chi connectivity index (χ1v) is 9.89. The Hall–Kier alpha value is -3.42. The Morgan fingerprint density at radius 2 is 2.10 bits per heavy atom. The van der Waals surface area contributed by atoms with Crippen LogP contribution in [-0.4, -0.2) is 37.4 Å². The molecule has 4 aromatic rings. The highest BCUT2D eigenvalue weighted by molar-refractivity contribution is 6.09. The fourth-order valence-electron chi connectivity index (χ4n) is 4.06. The number of nitrogens with zero attached hydrogens (tertiary/aromatic N) is 5. The zero-order chi connectivity index (χ0) is 19.8. The van der Waals surface area contributed by atoms with E-state index in [1.165, 1.54) is 19.3 Å². The third kappa shape index (κ3) is 3.20. The number of rotatable bonds is 4. The van der Waals surface area contributed by atoms with Gasteiger partial charge in [-0.3, -0.25) is 9.48 Å². The number of amides is 1. The van der Waals surface area contributed by atoms with Crippen LogP contribution in [-0.2, 0) is 0 Å². The van der Waals surface area contributed by atoms with E-state index in [0.717, 1.165) is 23.7 Å². The van der Waals surface area contributed by atoms with Gasteiger partial charge in [0.15, 0.2) is 5.65 Å². The molecule has 1 amide bonds. The van der Waals surface area contributed by atoms with Crippen LogP contribution in [0.2, 0.25) is 0 Å². The predicted molar refractivity (Wildman–Crippen MR) is 109 cm³/mol. The van der Waals surface area contributed by atoms with Gasteiger partial charge in [0.25, 0.3) is 5.91 Å². The molecule has 0 bridgehead atoms. The van der Waals surface area contributed by atoms with Gasteiger partial charge in [-0.15, -0.1) is 0 Å². The molecule has 1 aliphatic rings. The minimum Gasteiger partial charge on any atom is -0.496 e. The average molecular weight is 390 g/mol. The van der Waals surface area contributed by atoms with E-state index >= 15 is 0 Å². The summed E-state index contributed by atoms with van der Waals surface area (Å²) in [5.41, 5.74) is 2.43. The van der Waals surface area contributed by atoms with Gasteiger partial charge in [-0.1, -0.05) is 19.3 Å². The van der Waals surface area contributed by atoms with Crippen LogP contribution in [0.3, 0.4) is 0 Å². The Balaban J connectivity index is 1.48. The second kappa shape index (κ2) is 7.20. The van der Waals surface area contributed by atoms with Crippen molar-refractivity contribution in [2.45, 2.75) is 38.1 Å². The average Bonchev–Trinajstić information content (AvgIpc) is 3.37. The lowest BCUT2D eigenvalue weighted by Crippen LogP contribution is -2.13. The summed E-state index contributed by atoms with van der Waals surface area (Å²) >= 11 is 0. The van der Waals surface area contributed by atoms with Crippen molar-refractivity contribution in [1.29, 1.82) is 0 Å². The number of carbonyl (C=O) groups excluding carboxylic acids is 1. The van der Waals surface area contributed by atoms with E-state index in [0.29, 0.717) is 28.7 Å². The molecule has 1 saturated carbocycles. The van der Waals surface area contributed by atoms with Crippen molar-refractivity contribution in [2.24, 2.45) is 0 Å². The maximum absolute atomic E-state index is 13.0. The molecule has 0 aliphatic heterocycles. The molecule has 0 saturated heterocycles. The quantitative estimate of drug-likeness (QED) is 0.572. The van der Waals surface area contributed by atoms with Crippen molar-refractivity contribution in [3.8, 4) is 5.75 Å². The summed E-state index contributed by atoms with van der Waals surface area (Å²) in [7, 11) is 1.56. The molecule has 29 heavy (non-hydrogen) atoms. The van der Waals surface area contributed by atoms with Crippen LogP contribution in [0.15, 0.2) is 43.0 Å². The second-order valence-corrected chi connectivity index (χ2v) is 7.41. The normalized spacial score (nSPS) is 15.1. The zero-order valence-corrected chi connectivity index (χ0v) is 16.2. The number of anilines is 1. The molecular weight excluding hydrogens is 368 g/mol. The summed E-state index contributed by atoms with van der Waals surface area (Å²) in [5, 5.41) is 12.8. The minimum atomic E-state index is -0.269.